The van der Waals surface area contributed by atoms with Crippen LogP contribution in [0.5, 0.6) is 0 Å². The third kappa shape index (κ3) is 1.73. The maximum absolute atomic E-state index is 12.1. The van der Waals surface area contributed by atoms with Crippen molar-refractivity contribution < 1.29 is 4.79 Å². The van der Waals surface area contributed by atoms with E-state index >= 15 is 0 Å². The lowest BCUT2D eigenvalue weighted by Crippen LogP contribution is -2.14. The quantitative estimate of drug-likeness (QED) is 0.708. The minimum Gasteiger partial charge on any atom is -0.285 e. The van der Waals surface area contributed by atoms with Gasteiger partial charge in [0.05, 0.1) is 6.20 Å². The fourth-order valence-corrected chi connectivity index (χ4v) is 1.54. The van der Waals surface area contributed by atoms with Crippen LogP contribution in [-0.2, 0) is 13.6 Å². The number of aromatic nitrogens is 5. The van der Waals surface area contributed by atoms with Gasteiger partial charge in [0.15, 0.2) is 0 Å². The van der Waals surface area contributed by atoms with E-state index in [1.807, 2.05) is 6.92 Å². The van der Waals surface area contributed by atoms with Crippen molar-refractivity contribution >= 4 is 5.78 Å². The molecule has 0 bridgehead atoms. The van der Waals surface area contributed by atoms with Gasteiger partial charge in [0.2, 0.25) is 5.78 Å². The van der Waals surface area contributed by atoms with Crippen LogP contribution in [0.4, 0.5) is 0 Å². The fourth-order valence-electron chi connectivity index (χ4n) is 1.54. The van der Waals surface area contributed by atoms with E-state index in [4.69, 9.17) is 0 Å². The highest BCUT2D eigenvalue weighted by Gasteiger charge is 2.17. The maximum Gasteiger partial charge on any atom is 0.230 e. The van der Waals surface area contributed by atoms with Crippen LogP contribution in [0.3, 0.4) is 0 Å². The molecule has 6 heteroatoms. The molecule has 2 aromatic heterocycles. The molecular weight excluding hydrogens is 206 g/mol. The summed E-state index contributed by atoms with van der Waals surface area (Å²) in [5.41, 5.74) is 1.05. The van der Waals surface area contributed by atoms with Crippen molar-refractivity contribution in [3.63, 3.8) is 0 Å². The molecule has 0 saturated heterocycles. The number of hydrogen-bond donors (Lipinski definition) is 0. The number of ketones is 1. The molecule has 6 nitrogen and oxygen atoms in total. The van der Waals surface area contributed by atoms with Crippen molar-refractivity contribution in [2.45, 2.75) is 19.9 Å². The Morgan fingerprint density at radius 3 is 2.88 bits per heavy atom. The van der Waals surface area contributed by atoms with Gasteiger partial charge >= 0.3 is 0 Å². The zero-order valence-electron chi connectivity index (χ0n) is 9.29. The molecular formula is C10H13N5O. The second kappa shape index (κ2) is 4.26. The molecule has 2 rings (SSSR count). The number of nitrogens with zero attached hydrogens (tertiary/aromatic N) is 5. The molecule has 0 fully saturated rings. The maximum atomic E-state index is 12.1. The predicted molar refractivity (Wildman–Crippen MR) is 57.0 cm³/mol. The highest BCUT2D eigenvalue weighted by Crippen LogP contribution is 2.07. The van der Waals surface area contributed by atoms with Crippen molar-refractivity contribution in [1.82, 2.24) is 24.8 Å². The van der Waals surface area contributed by atoms with Gasteiger partial charge in [0.25, 0.3) is 0 Å². The third-order valence-electron chi connectivity index (χ3n) is 2.34. The van der Waals surface area contributed by atoms with Crippen LogP contribution in [0.2, 0.25) is 0 Å². The normalized spacial score (nSPS) is 10.6. The van der Waals surface area contributed by atoms with Crippen LogP contribution in [0.15, 0.2) is 18.5 Å². The van der Waals surface area contributed by atoms with Crippen LogP contribution < -0.4 is 0 Å². The minimum absolute atomic E-state index is 0.0987. The number of carbonyl (C=O) groups excluding carboxylic acids is 1. The topological polar surface area (TPSA) is 65.6 Å². The van der Waals surface area contributed by atoms with E-state index in [1.165, 1.54) is 6.20 Å². The van der Waals surface area contributed by atoms with E-state index in [1.54, 1.807) is 28.7 Å². The number of hydrogen-bond acceptors (Lipinski definition) is 4. The second-order valence-corrected chi connectivity index (χ2v) is 3.51. The predicted octanol–water partition coefficient (Wildman–Crippen LogP) is 0.653. The van der Waals surface area contributed by atoms with Crippen molar-refractivity contribution in [3.05, 3.63) is 29.8 Å². The lowest BCUT2D eigenvalue weighted by Gasteiger charge is -2.03. The Bertz CT molecular complexity index is 499. The zero-order chi connectivity index (χ0) is 11.5. The average Bonchev–Trinajstić information content (AvgIpc) is 2.87. The first kappa shape index (κ1) is 10.5. The summed E-state index contributed by atoms with van der Waals surface area (Å²) in [6.45, 7) is 2.72. The molecule has 0 aliphatic rings. The Morgan fingerprint density at radius 1 is 1.44 bits per heavy atom. The first-order valence-corrected chi connectivity index (χ1v) is 5.15. The van der Waals surface area contributed by atoms with E-state index in [0.29, 0.717) is 17.9 Å². The van der Waals surface area contributed by atoms with E-state index in [9.17, 15) is 4.79 Å². The van der Waals surface area contributed by atoms with Crippen LogP contribution in [0.25, 0.3) is 0 Å². The molecule has 2 heterocycles. The summed E-state index contributed by atoms with van der Waals surface area (Å²) in [6.07, 6.45) is 4.00. The molecule has 0 aromatic carbocycles. The third-order valence-corrected chi connectivity index (χ3v) is 2.34. The summed E-state index contributed by atoms with van der Waals surface area (Å²) in [4.78, 5) is 12.1. The molecule has 0 aliphatic heterocycles. The second-order valence-electron chi connectivity index (χ2n) is 3.51. The van der Waals surface area contributed by atoms with Crippen molar-refractivity contribution in [2.75, 3.05) is 0 Å². The summed E-state index contributed by atoms with van der Waals surface area (Å²) >= 11 is 0. The smallest absolute Gasteiger partial charge is 0.230 e. The summed E-state index contributed by atoms with van der Waals surface area (Å²) < 4.78 is 3.17. The Kier molecular flexibility index (Phi) is 2.80. The molecule has 0 radical (unpaired) electrons. The molecule has 16 heavy (non-hydrogen) atoms. The fraction of sp³-hybridized carbons (Fsp3) is 0.400. The zero-order valence-corrected chi connectivity index (χ0v) is 9.29. The van der Waals surface area contributed by atoms with Crippen molar-refractivity contribution in [3.8, 4) is 0 Å². The van der Waals surface area contributed by atoms with E-state index < -0.39 is 0 Å². The summed E-state index contributed by atoms with van der Waals surface area (Å²) in [5, 5.41) is 11.6. The molecule has 0 N–H and O–H groups in total. The van der Waals surface area contributed by atoms with E-state index in [0.717, 1.165) is 6.42 Å². The van der Waals surface area contributed by atoms with Gasteiger partial charge in [0, 0.05) is 19.8 Å². The molecule has 0 amide bonds. The van der Waals surface area contributed by atoms with Gasteiger partial charge in [-0.05, 0) is 12.5 Å². The number of aryl methyl sites for hydroxylation is 2. The standard InChI is InChI=1S/C10H13N5O/c1-3-6-15-9(7-11-13-15)10(16)8-4-5-12-14(8)2/h4-5,7H,3,6H2,1-2H3. The Labute approximate surface area is 92.9 Å². The van der Waals surface area contributed by atoms with E-state index in [-0.39, 0.29) is 5.78 Å². The van der Waals surface area contributed by atoms with Gasteiger partial charge in [-0.3, -0.25) is 9.48 Å². The number of carbonyl (C=O) groups is 1. The summed E-state index contributed by atoms with van der Waals surface area (Å²) in [7, 11) is 1.74. The monoisotopic (exact) mass is 219 g/mol. The van der Waals surface area contributed by atoms with Gasteiger partial charge in [-0.25, -0.2) is 4.68 Å². The molecule has 2 aromatic rings. The van der Waals surface area contributed by atoms with Gasteiger partial charge in [0.1, 0.15) is 11.4 Å². The van der Waals surface area contributed by atoms with Gasteiger partial charge in [-0.1, -0.05) is 12.1 Å². The summed E-state index contributed by atoms with van der Waals surface area (Å²) in [5.74, 6) is -0.0987. The average molecular weight is 219 g/mol. The lowest BCUT2D eigenvalue weighted by molar-refractivity contribution is 0.102. The molecule has 0 aliphatic carbocycles. The Balaban J connectivity index is 2.34. The van der Waals surface area contributed by atoms with Gasteiger partial charge in [-0.15, -0.1) is 5.10 Å². The highest BCUT2D eigenvalue weighted by molar-refractivity contribution is 6.06. The van der Waals surface area contributed by atoms with Crippen LogP contribution in [-0.4, -0.2) is 30.6 Å². The largest absolute Gasteiger partial charge is 0.285 e. The van der Waals surface area contributed by atoms with Crippen LogP contribution >= 0.6 is 0 Å². The summed E-state index contributed by atoms with van der Waals surface area (Å²) in [6, 6.07) is 1.69. The Hall–Kier alpha value is -1.98. The molecule has 0 saturated carbocycles. The molecule has 0 atom stereocenters. The minimum atomic E-state index is -0.0987. The molecule has 0 spiro atoms. The van der Waals surface area contributed by atoms with Gasteiger partial charge < -0.3 is 0 Å². The number of rotatable bonds is 4. The SMILES string of the molecule is CCCn1nncc1C(=O)c1ccnn1C. The van der Waals surface area contributed by atoms with Gasteiger partial charge in [-0.2, -0.15) is 5.10 Å². The first-order valence-electron chi connectivity index (χ1n) is 5.15. The highest BCUT2D eigenvalue weighted by atomic mass is 16.1. The first-order chi connectivity index (χ1) is 7.74. The van der Waals surface area contributed by atoms with Crippen molar-refractivity contribution in [2.24, 2.45) is 7.05 Å². The molecule has 0 unspecified atom stereocenters. The van der Waals surface area contributed by atoms with Crippen LogP contribution in [0.1, 0.15) is 29.5 Å². The van der Waals surface area contributed by atoms with Crippen molar-refractivity contribution in [1.29, 1.82) is 0 Å². The van der Waals surface area contributed by atoms with E-state index in [2.05, 4.69) is 15.4 Å². The Morgan fingerprint density at radius 2 is 2.25 bits per heavy atom. The van der Waals surface area contributed by atoms with Crippen LogP contribution in [0, 0.1) is 0 Å². The molecule has 84 valence electrons. The lowest BCUT2D eigenvalue weighted by atomic mass is 10.2.